The van der Waals surface area contributed by atoms with Crippen molar-refractivity contribution in [1.82, 2.24) is 5.32 Å². The van der Waals surface area contributed by atoms with E-state index in [1.807, 2.05) is 6.92 Å². The van der Waals surface area contributed by atoms with Crippen LogP contribution in [-0.4, -0.2) is 25.7 Å². The number of hydrogen-bond acceptors (Lipinski definition) is 3. The fraction of sp³-hybridized carbons (Fsp3) is 0.727. The SMILES string of the molecule is CCNC(C(=O)OC)C1CC=CCC1. The van der Waals surface area contributed by atoms with E-state index in [1.54, 1.807) is 0 Å². The molecule has 0 aromatic heterocycles. The van der Waals surface area contributed by atoms with Crippen LogP contribution in [0.5, 0.6) is 0 Å². The molecule has 2 unspecified atom stereocenters. The molecule has 1 rings (SSSR count). The largest absolute Gasteiger partial charge is 0.468 e. The minimum atomic E-state index is -0.132. The van der Waals surface area contributed by atoms with Crippen molar-refractivity contribution in [2.24, 2.45) is 5.92 Å². The van der Waals surface area contributed by atoms with Crippen molar-refractivity contribution >= 4 is 5.97 Å². The van der Waals surface area contributed by atoms with Gasteiger partial charge in [0.2, 0.25) is 0 Å². The second-order valence-corrected chi connectivity index (χ2v) is 3.60. The van der Waals surface area contributed by atoms with E-state index in [0.717, 1.165) is 25.8 Å². The first-order valence-electron chi connectivity index (χ1n) is 5.25. The van der Waals surface area contributed by atoms with Gasteiger partial charge in [-0.15, -0.1) is 0 Å². The Morgan fingerprint density at radius 1 is 1.64 bits per heavy atom. The first-order chi connectivity index (χ1) is 6.79. The quantitative estimate of drug-likeness (QED) is 0.548. The molecule has 0 spiro atoms. The Labute approximate surface area is 85.5 Å². The fourth-order valence-corrected chi connectivity index (χ4v) is 1.91. The van der Waals surface area contributed by atoms with Crippen LogP contribution in [0.4, 0.5) is 0 Å². The van der Waals surface area contributed by atoms with Crippen LogP contribution >= 0.6 is 0 Å². The van der Waals surface area contributed by atoms with Gasteiger partial charge < -0.3 is 10.1 Å². The summed E-state index contributed by atoms with van der Waals surface area (Å²) in [5.41, 5.74) is 0. The zero-order valence-electron chi connectivity index (χ0n) is 8.95. The third kappa shape index (κ3) is 2.84. The summed E-state index contributed by atoms with van der Waals surface area (Å²) in [6.07, 6.45) is 7.46. The molecule has 0 saturated heterocycles. The molecule has 14 heavy (non-hydrogen) atoms. The third-order valence-corrected chi connectivity index (χ3v) is 2.66. The molecule has 1 N–H and O–H groups in total. The van der Waals surface area contributed by atoms with Crippen molar-refractivity contribution in [3.8, 4) is 0 Å². The number of methoxy groups -OCH3 is 1. The molecular formula is C11H19NO2. The molecule has 0 saturated carbocycles. The molecule has 1 aliphatic carbocycles. The molecule has 0 amide bonds. The Morgan fingerprint density at radius 3 is 2.93 bits per heavy atom. The van der Waals surface area contributed by atoms with Crippen LogP contribution < -0.4 is 5.32 Å². The molecule has 0 aromatic rings. The highest BCUT2D eigenvalue weighted by atomic mass is 16.5. The zero-order chi connectivity index (χ0) is 10.4. The lowest BCUT2D eigenvalue weighted by Crippen LogP contribution is -2.43. The smallest absolute Gasteiger partial charge is 0.323 e. The minimum Gasteiger partial charge on any atom is -0.468 e. The number of allylic oxidation sites excluding steroid dienone is 2. The molecule has 0 aliphatic heterocycles. The van der Waals surface area contributed by atoms with Crippen molar-refractivity contribution < 1.29 is 9.53 Å². The summed E-state index contributed by atoms with van der Waals surface area (Å²) in [6, 6.07) is -0.130. The highest BCUT2D eigenvalue weighted by Gasteiger charge is 2.27. The number of hydrogen-bond donors (Lipinski definition) is 1. The van der Waals surface area contributed by atoms with Gasteiger partial charge in [0.1, 0.15) is 6.04 Å². The van der Waals surface area contributed by atoms with E-state index in [4.69, 9.17) is 4.74 Å². The Morgan fingerprint density at radius 2 is 2.43 bits per heavy atom. The highest BCUT2D eigenvalue weighted by molar-refractivity contribution is 5.76. The molecule has 3 heteroatoms. The first-order valence-corrected chi connectivity index (χ1v) is 5.25. The van der Waals surface area contributed by atoms with Gasteiger partial charge in [0.05, 0.1) is 7.11 Å². The van der Waals surface area contributed by atoms with Crippen LogP contribution in [0.3, 0.4) is 0 Å². The average molecular weight is 197 g/mol. The highest BCUT2D eigenvalue weighted by Crippen LogP contribution is 2.22. The van der Waals surface area contributed by atoms with Gasteiger partial charge in [0, 0.05) is 0 Å². The van der Waals surface area contributed by atoms with Crippen LogP contribution in [-0.2, 0) is 9.53 Å². The van der Waals surface area contributed by atoms with Crippen molar-refractivity contribution in [3.63, 3.8) is 0 Å². The van der Waals surface area contributed by atoms with Gasteiger partial charge in [-0.05, 0) is 31.7 Å². The normalized spacial score (nSPS) is 23.1. The van der Waals surface area contributed by atoms with Gasteiger partial charge in [-0.1, -0.05) is 19.1 Å². The number of carbonyl (C=O) groups excluding carboxylic acids is 1. The summed E-state index contributed by atoms with van der Waals surface area (Å²) in [7, 11) is 1.45. The fourth-order valence-electron chi connectivity index (χ4n) is 1.91. The standard InChI is InChI=1S/C11H19NO2/c1-3-12-10(11(13)14-2)9-7-5-4-6-8-9/h4-5,9-10,12H,3,6-8H2,1-2H3. The number of nitrogens with one attached hydrogen (secondary N) is 1. The van der Waals surface area contributed by atoms with E-state index in [2.05, 4.69) is 17.5 Å². The predicted molar refractivity (Wildman–Crippen MR) is 56.0 cm³/mol. The van der Waals surface area contributed by atoms with Crippen LogP contribution in [0.1, 0.15) is 26.2 Å². The maximum Gasteiger partial charge on any atom is 0.323 e. The summed E-state index contributed by atoms with van der Waals surface area (Å²) in [4.78, 5) is 11.5. The van der Waals surface area contributed by atoms with Crippen LogP contribution in [0, 0.1) is 5.92 Å². The number of carbonyl (C=O) groups is 1. The molecule has 2 atom stereocenters. The maximum atomic E-state index is 11.5. The number of esters is 1. The summed E-state index contributed by atoms with van der Waals surface area (Å²) in [6.45, 7) is 2.81. The first kappa shape index (κ1) is 11.2. The van der Waals surface area contributed by atoms with Crippen LogP contribution in [0.25, 0.3) is 0 Å². The van der Waals surface area contributed by atoms with E-state index in [0.29, 0.717) is 5.92 Å². The lowest BCUT2D eigenvalue weighted by molar-refractivity contribution is -0.144. The van der Waals surface area contributed by atoms with Crippen molar-refractivity contribution in [1.29, 1.82) is 0 Å². The summed E-state index contributed by atoms with van der Waals surface area (Å²) in [5.74, 6) is 0.263. The molecular weight excluding hydrogens is 178 g/mol. The van der Waals surface area contributed by atoms with Crippen LogP contribution in [0.15, 0.2) is 12.2 Å². The lowest BCUT2D eigenvalue weighted by Gasteiger charge is -2.26. The van der Waals surface area contributed by atoms with E-state index in [1.165, 1.54) is 7.11 Å². The molecule has 3 nitrogen and oxygen atoms in total. The number of ether oxygens (including phenoxy) is 1. The Kier molecular flexibility index (Phi) is 4.66. The molecule has 80 valence electrons. The van der Waals surface area contributed by atoms with E-state index in [-0.39, 0.29) is 12.0 Å². The summed E-state index contributed by atoms with van der Waals surface area (Å²) >= 11 is 0. The topological polar surface area (TPSA) is 38.3 Å². The second-order valence-electron chi connectivity index (χ2n) is 3.60. The molecule has 0 fully saturated rings. The molecule has 1 aliphatic rings. The molecule has 0 radical (unpaired) electrons. The van der Waals surface area contributed by atoms with Gasteiger partial charge >= 0.3 is 5.97 Å². The summed E-state index contributed by atoms with van der Waals surface area (Å²) in [5, 5.41) is 3.19. The minimum absolute atomic E-state index is 0.130. The average Bonchev–Trinajstić information content (AvgIpc) is 2.26. The van der Waals surface area contributed by atoms with Crippen LogP contribution in [0.2, 0.25) is 0 Å². The van der Waals surface area contributed by atoms with Crippen molar-refractivity contribution in [3.05, 3.63) is 12.2 Å². The maximum absolute atomic E-state index is 11.5. The molecule has 0 heterocycles. The van der Waals surface area contributed by atoms with Crippen molar-refractivity contribution in [2.45, 2.75) is 32.2 Å². The van der Waals surface area contributed by atoms with Gasteiger partial charge in [-0.3, -0.25) is 4.79 Å². The zero-order valence-corrected chi connectivity index (χ0v) is 8.95. The number of rotatable bonds is 4. The predicted octanol–water partition coefficient (Wildman–Crippen LogP) is 1.49. The Balaban J connectivity index is 2.56. The number of likely N-dealkylation sites (N-methyl/N-ethyl adjacent to an activating group) is 1. The second kappa shape index (κ2) is 5.81. The molecule has 0 bridgehead atoms. The molecule has 0 aromatic carbocycles. The van der Waals surface area contributed by atoms with Gasteiger partial charge in [0.15, 0.2) is 0 Å². The van der Waals surface area contributed by atoms with E-state index < -0.39 is 0 Å². The monoisotopic (exact) mass is 197 g/mol. The lowest BCUT2D eigenvalue weighted by atomic mass is 9.87. The van der Waals surface area contributed by atoms with Gasteiger partial charge in [-0.2, -0.15) is 0 Å². The Hall–Kier alpha value is -0.830. The third-order valence-electron chi connectivity index (χ3n) is 2.66. The Bertz CT molecular complexity index is 213. The van der Waals surface area contributed by atoms with E-state index in [9.17, 15) is 4.79 Å². The van der Waals surface area contributed by atoms with Gasteiger partial charge in [0.25, 0.3) is 0 Å². The summed E-state index contributed by atoms with van der Waals surface area (Å²) < 4.78 is 4.79. The van der Waals surface area contributed by atoms with E-state index >= 15 is 0 Å². The van der Waals surface area contributed by atoms with Gasteiger partial charge in [-0.25, -0.2) is 0 Å². The van der Waals surface area contributed by atoms with Crippen molar-refractivity contribution in [2.75, 3.05) is 13.7 Å².